The molecule has 2 heterocycles. The smallest absolute Gasteiger partial charge is 0.0541 e. The number of nitrogens with zero attached hydrogens (tertiary/aromatic N) is 2. The van der Waals surface area contributed by atoms with Gasteiger partial charge in [0.2, 0.25) is 0 Å². The van der Waals surface area contributed by atoms with Gasteiger partial charge in [0, 0.05) is 38.3 Å². The zero-order valence-electron chi connectivity index (χ0n) is 27.4. The number of benzene rings is 8. The molecule has 1 aliphatic rings. The van der Waals surface area contributed by atoms with E-state index >= 15 is 0 Å². The summed E-state index contributed by atoms with van der Waals surface area (Å²) in [7, 11) is 0. The second-order valence-corrected chi connectivity index (χ2v) is 14.2. The highest BCUT2D eigenvalue weighted by Gasteiger charge is 2.36. The Kier molecular flexibility index (Phi) is 5.21. The fraction of sp³-hybridized carbons (Fsp3) is 0.0638. The maximum atomic E-state index is 2.45. The lowest BCUT2D eigenvalue weighted by Crippen LogP contribution is -2.15. The van der Waals surface area contributed by atoms with Gasteiger partial charge in [-0.15, -0.1) is 0 Å². The molecule has 2 heteroatoms. The molecule has 0 N–H and O–H groups in total. The summed E-state index contributed by atoms with van der Waals surface area (Å²) in [6, 6.07) is 58.7. The van der Waals surface area contributed by atoms with Gasteiger partial charge >= 0.3 is 0 Å². The van der Waals surface area contributed by atoms with Gasteiger partial charge in [0.25, 0.3) is 0 Å². The summed E-state index contributed by atoms with van der Waals surface area (Å²) in [6.45, 7) is 4.78. The first-order chi connectivity index (χ1) is 24.0. The van der Waals surface area contributed by atoms with E-state index in [-0.39, 0.29) is 5.41 Å². The lowest BCUT2D eigenvalue weighted by atomic mass is 9.81. The van der Waals surface area contributed by atoms with E-state index in [2.05, 4.69) is 181 Å². The van der Waals surface area contributed by atoms with Gasteiger partial charge < -0.3 is 9.13 Å². The van der Waals surface area contributed by atoms with Crippen LogP contribution in [0.2, 0.25) is 0 Å². The standard InChI is InChI=1S/C47H32N2/c1-47(2)41-27-31-23-33(48-43-15-7-3-11-35(43)36-12-4-8-16-44(36)48)21-19-29(31)25-39(41)40-26-30-20-22-34(24-32(30)28-42(40)47)49-45-17-9-5-13-37(45)38-14-6-10-18-46(38)49/h3-28H,1-2H3. The molecule has 0 spiro atoms. The van der Waals surface area contributed by atoms with Crippen molar-refractivity contribution in [3.63, 3.8) is 0 Å². The lowest BCUT2D eigenvalue weighted by Gasteiger charge is -2.22. The minimum Gasteiger partial charge on any atom is -0.309 e. The summed E-state index contributed by atoms with van der Waals surface area (Å²) < 4.78 is 4.83. The third-order valence-electron chi connectivity index (χ3n) is 11.2. The van der Waals surface area contributed by atoms with Crippen molar-refractivity contribution in [1.82, 2.24) is 9.13 Å². The highest BCUT2D eigenvalue weighted by Crippen LogP contribution is 2.51. The lowest BCUT2D eigenvalue weighted by molar-refractivity contribution is 0.662. The van der Waals surface area contributed by atoms with E-state index < -0.39 is 0 Å². The average Bonchev–Trinajstić information content (AvgIpc) is 3.73. The first kappa shape index (κ1) is 26.9. The van der Waals surface area contributed by atoms with Crippen LogP contribution in [0, 0.1) is 0 Å². The maximum absolute atomic E-state index is 2.45. The van der Waals surface area contributed by atoms with Gasteiger partial charge in [-0.05, 0) is 117 Å². The Bertz CT molecular complexity index is 2710. The number of aromatic nitrogens is 2. The van der Waals surface area contributed by atoms with E-state index in [0.29, 0.717) is 0 Å². The number of hydrogen-bond acceptors (Lipinski definition) is 0. The van der Waals surface area contributed by atoms with E-state index in [1.165, 1.54) is 98.8 Å². The fourth-order valence-electron chi connectivity index (χ4n) is 8.87. The number of hydrogen-bond donors (Lipinski definition) is 0. The van der Waals surface area contributed by atoms with Crippen molar-refractivity contribution in [1.29, 1.82) is 0 Å². The molecule has 49 heavy (non-hydrogen) atoms. The molecule has 1 aliphatic carbocycles. The predicted octanol–water partition coefficient (Wildman–Crippen LogP) is 12.5. The Labute approximate surface area is 284 Å². The van der Waals surface area contributed by atoms with Crippen molar-refractivity contribution >= 4 is 65.2 Å². The Balaban J connectivity index is 1.07. The van der Waals surface area contributed by atoms with Crippen molar-refractivity contribution in [3.05, 3.63) is 169 Å². The van der Waals surface area contributed by atoms with E-state index in [9.17, 15) is 0 Å². The van der Waals surface area contributed by atoms with Crippen molar-refractivity contribution in [2.24, 2.45) is 0 Å². The van der Waals surface area contributed by atoms with E-state index in [0.717, 1.165) is 0 Å². The molecule has 0 bridgehead atoms. The van der Waals surface area contributed by atoms with Crippen molar-refractivity contribution in [3.8, 4) is 22.5 Å². The van der Waals surface area contributed by atoms with Crippen LogP contribution in [0.4, 0.5) is 0 Å². The molecule has 0 atom stereocenters. The predicted molar refractivity (Wildman–Crippen MR) is 208 cm³/mol. The molecular weight excluding hydrogens is 593 g/mol. The minimum atomic E-state index is -0.126. The molecule has 8 aromatic carbocycles. The third kappa shape index (κ3) is 3.61. The molecule has 230 valence electrons. The van der Waals surface area contributed by atoms with Gasteiger partial charge in [0.15, 0.2) is 0 Å². The zero-order valence-corrected chi connectivity index (χ0v) is 27.4. The highest BCUT2D eigenvalue weighted by atomic mass is 15.0. The van der Waals surface area contributed by atoms with Gasteiger partial charge in [-0.2, -0.15) is 0 Å². The van der Waals surface area contributed by atoms with Crippen LogP contribution >= 0.6 is 0 Å². The summed E-state index contributed by atoms with van der Waals surface area (Å²) in [5, 5.41) is 10.3. The van der Waals surface area contributed by atoms with Crippen molar-refractivity contribution in [2.45, 2.75) is 19.3 Å². The minimum absolute atomic E-state index is 0.126. The molecule has 0 radical (unpaired) electrons. The molecule has 2 aromatic heterocycles. The Morgan fingerprint density at radius 2 is 0.694 bits per heavy atom. The highest BCUT2D eigenvalue weighted by molar-refractivity contribution is 6.11. The van der Waals surface area contributed by atoms with Crippen LogP contribution in [0.5, 0.6) is 0 Å². The maximum Gasteiger partial charge on any atom is 0.0541 e. The van der Waals surface area contributed by atoms with E-state index in [1.807, 2.05) is 0 Å². The first-order valence-electron chi connectivity index (χ1n) is 17.2. The van der Waals surface area contributed by atoms with Crippen LogP contribution in [0.3, 0.4) is 0 Å². The van der Waals surface area contributed by atoms with Gasteiger partial charge in [0.05, 0.1) is 22.1 Å². The number of fused-ring (bicyclic) bond motifs is 11. The Morgan fingerprint density at radius 3 is 1.06 bits per heavy atom. The molecule has 2 nitrogen and oxygen atoms in total. The summed E-state index contributed by atoms with van der Waals surface area (Å²) in [5.74, 6) is 0. The molecule has 10 aromatic rings. The number of para-hydroxylation sites is 4. The second-order valence-electron chi connectivity index (χ2n) is 14.2. The average molecular weight is 625 g/mol. The summed E-state index contributed by atoms with van der Waals surface area (Å²) >= 11 is 0. The molecule has 0 fully saturated rings. The van der Waals surface area contributed by atoms with Gasteiger partial charge in [-0.25, -0.2) is 0 Å². The van der Waals surface area contributed by atoms with Crippen LogP contribution < -0.4 is 0 Å². The molecule has 0 saturated carbocycles. The fourth-order valence-corrected chi connectivity index (χ4v) is 8.87. The topological polar surface area (TPSA) is 9.86 Å². The molecule has 0 amide bonds. The first-order valence-corrected chi connectivity index (χ1v) is 17.2. The molecular formula is C47H32N2. The van der Waals surface area contributed by atoms with Crippen LogP contribution in [0.25, 0.3) is 87.7 Å². The van der Waals surface area contributed by atoms with Crippen molar-refractivity contribution in [2.75, 3.05) is 0 Å². The van der Waals surface area contributed by atoms with E-state index in [4.69, 9.17) is 0 Å². The Morgan fingerprint density at radius 1 is 0.347 bits per heavy atom. The number of rotatable bonds is 2. The zero-order chi connectivity index (χ0) is 32.4. The quantitative estimate of drug-likeness (QED) is 0.181. The molecule has 0 saturated heterocycles. The summed E-state index contributed by atoms with van der Waals surface area (Å²) in [4.78, 5) is 0. The van der Waals surface area contributed by atoms with Gasteiger partial charge in [-0.1, -0.05) is 98.8 Å². The van der Waals surface area contributed by atoms with Crippen molar-refractivity contribution < 1.29 is 0 Å². The SMILES string of the molecule is CC1(C)c2cc3cc(-n4c5ccccc5c5ccccc54)ccc3cc2-c2cc3ccc(-n4c5ccccc5c5ccccc54)cc3cc21. The van der Waals surface area contributed by atoms with Crippen LogP contribution in [-0.4, -0.2) is 9.13 Å². The largest absolute Gasteiger partial charge is 0.309 e. The van der Waals surface area contributed by atoms with Crippen LogP contribution in [-0.2, 0) is 5.41 Å². The molecule has 11 rings (SSSR count). The normalized spacial score (nSPS) is 13.7. The van der Waals surface area contributed by atoms with Crippen LogP contribution in [0.1, 0.15) is 25.0 Å². The van der Waals surface area contributed by atoms with Crippen LogP contribution in [0.15, 0.2) is 158 Å². The molecule has 0 aliphatic heterocycles. The van der Waals surface area contributed by atoms with Gasteiger partial charge in [0.1, 0.15) is 0 Å². The van der Waals surface area contributed by atoms with E-state index in [1.54, 1.807) is 0 Å². The summed E-state index contributed by atoms with van der Waals surface area (Å²) in [6.07, 6.45) is 0. The van der Waals surface area contributed by atoms with Gasteiger partial charge in [-0.3, -0.25) is 0 Å². The monoisotopic (exact) mass is 624 g/mol. The third-order valence-corrected chi connectivity index (χ3v) is 11.2. The second kappa shape index (κ2) is 9.49. The molecule has 0 unspecified atom stereocenters. The summed E-state index contributed by atoms with van der Waals surface area (Å²) in [5.41, 5.74) is 12.7. The Hall–Kier alpha value is -6.12.